The summed E-state index contributed by atoms with van der Waals surface area (Å²) in [7, 11) is 4.68. The average Bonchev–Trinajstić information content (AvgIpc) is 2.75. The lowest BCUT2D eigenvalue weighted by Gasteiger charge is -2.15. The van der Waals surface area contributed by atoms with Crippen molar-refractivity contribution in [2.24, 2.45) is 0 Å². The average molecular weight is 396 g/mol. The standard InChI is InChI=1S/C21H24N4O4/c1-27-17-12-16(13-18(28-2)20(17)29-3)24-21-22-10-8-19(25-21)23-15-6-4-14(5-7-15)9-11-26/h4-8,10,12-13,26H,9,11H2,1-3H3,(H2,22,23,24,25). The minimum atomic E-state index is 0.134. The van der Waals surface area contributed by atoms with Crippen molar-refractivity contribution >= 4 is 23.1 Å². The summed E-state index contributed by atoms with van der Waals surface area (Å²) in [5, 5.41) is 15.4. The maximum Gasteiger partial charge on any atom is 0.229 e. The number of ether oxygens (including phenoxy) is 3. The van der Waals surface area contributed by atoms with Gasteiger partial charge in [-0.05, 0) is 30.2 Å². The molecule has 1 heterocycles. The zero-order chi connectivity index (χ0) is 20.6. The highest BCUT2D eigenvalue weighted by Crippen LogP contribution is 2.40. The molecule has 0 aliphatic rings. The second kappa shape index (κ2) is 9.61. The Balaban J connectivity index is 1.77. The monoisotopic (exact) mass is 396 g/mol. The summed E-state index contributed by atoms with van der Waals surface area (Å²) in [6, 6.07) is 13.2. The number of anilines is 4. The van der Waals surface area contributed by atoms with Gasteiger partial charge in [0.25, 0.3) is 0 Å². The van der Waals surface area contributed by atoms with E-state index in [9.17, 15) is 0 Å². The third-order valence-corrected chi connectivity index (χ3v) is 4.20. The first-order chi connectivity index (χ1) is 14.2. The summed E-state index contributed by atoms with van der Waals surface area (Å²) in [6.07, 6.45) is 2.30. The van der Waals surface area contributed by atoms with Gasteiger partial charge in [-0.3, -0.25) is 0 Å². The fraction of sp³-hybridized carbons (Fsp3) is 0.238. The van der Waals surface area contributed by atoms with Crippen molar-refractivity contribution in [1.82, 2.24) is 9.97 Å². The van der Waals surface area contributed by atoms with E-state index in [0.717, 1.165) is 11.3 Å². The van der Waals surface area contributed by atoms with Gasteiger partial charge in [0, 0.05) is 36.3 Å². The number of methoxy groups -OCH3 is 3. The van der Waals surface area contributed by atoms with E-state index in [1.54, 1.807) is 45.7 Å². The van der Waals surface area contributed by atoms with Gasteiger partial charge >= 0.3 is 0 Å². The van der Waals surface area contributed by atoms with Crippen molar-refractivity contribution in [1.29, 1.82) is 0 Å². The highest BCUT2D eigenvalue weighted by molar-refractivity contribution is 5.66. The van der Waals surface area contributed by atoms with Gasteiger partial charge in [-0.15, -0.1) is 0 Å². The van der Waals surface area contributed by atoms with Crippen LogP contribution < -0.4 is 24.8 Å². The largest absolute Gasteiger partial charge is 0.493 e. The number of hydrogen-bond acceptors (Lipinski definition) is 8. The molecule has 1 aromatic heterocycles. The van der Waals surface area contributed by atoms with E-state index in [2.05, 4.69) is 20.6 Å². The molecule has 2 aromatic carbocycles. The molecular weight excluding hydrogens is 372 g/mol. The molecule has 0 saturated carbocycles. The van der Waals surface area contributed by atoms with Crippen LogP contribution in [0.25, 0.3) is 0 Å². The third-order valence-electron chi connectivity index (χ3n) is 4.20. The second-order valence-corrected chi connectivity index (χ2v) is 6.10. The molecule has 3 rings (SSSR count). The van der Waals surface area contributed by atoms with E-state index >= 15 is 0 Å². The molecule has 29 heavy (non-hydrogen) atoms. The van der Waals surface area contributed by atoms with Crippen LogP contribution in [0.4, 0.5) is 23.1 Å². The molecule has 0 aliphatic heterocycles. The van der Waals surface area contributed by atoms with Crippen LogP contribution in [0.15, 0.2) is 48.7 Å². The summed E-state index contributed by atoms with van der Waals surface area (Å²) in [5.74, 6) is 2.64. The Morgan fingerprint density at radius 1 is 0.862 bits per heavy atom. The van der Waals surface area contributed by atoms with Crippen LogP contribution in [-0.2, 0) is 6.42 Å². The molecule has 0 unspecified atom stereocenters. The summed E-state index contributed by atoms with van der Waals surface area (Å²) < 4.78 is 16.1. The number of hydrogen-bond donors (Lipinski definition) is 3. The van der Waals surface area contributed by atoms with Gasteiger partial charge in [-0.2, -0.15) is 4.98 Å². The van der Waals surface area contributed by atoms with Crippen molar-refractivity contribution in [2.45, 2.75) is 6.42 Å². The number of nitrogens with zero attached hydrogens (tertiary/aromatic N) is 2. The van der Waals surface area contributed by atoms with Gasteiger partial charge in [0.2, 0.25) is 11.7 Å². The molecule has 8 nitrogen and oxygen atoms in total. The third kappa shape index (κ3) is 5.05. The van der Waals surface area contributed by atoms with Crippen LogP contribution in [0.5, 0.6) is 17.2 Å². The van der Waals surface area contributed by atoms with Crippen LogP contribution in [0.1, 0.15) is 5.56 Å². The van der Waals surface area contributed by atoms with Crippen molar-refractivity contribution in [3.05, 3.63) is 54.2 Å². The van der Waals surface area contributed by atoms with E-state index < -0.39 is 0 Å². The molecule has 0 aliphatic carbocycles. The SMILES string of the molecule is COc1cc(Nc2nccc(Nc3ccc(CCO)cc3)n2)cc(OC)c1OC. The zero-order valence-electron chi connectivity index (χ0n) is 16.6. The van der Waals surface area contributed by atoms with E-state index in [1.165, 1.54) is 0 Å². The molecule has 0 amide bonds. The molecular formula is C21H24N4O4. The number of aromatic nitrogens is 2. The van der Waals surface area contributed by atoms with E-state index in [4.69, 9.17) is 19.3 Å². The Morgan fingerprint density at radius 3 is 2.14 bits per heavy atom. The van der Waals surface area contributed by atoms with Gasteiger partial charge in [-0.1, -0.05) is 12.1 Å². The zero-order valence-corrected chi connectivity index (χ0v) is 16.6. The minimum absolute atomic E-state index is 0.134. The highest BCUT2D eigenvalue weighted by atomic mass is 16.5. The van der Waals surface area contributed by atoms with E-state index in [-0.39, 0.29) is 6.61 Å². The fourth-order valence-electron chi connectivity index (χ4n) is 2.80. The Hall–Kier alpha value is -3.52. The Kier molecular flexibility index (Phi) is 6.70. The van der Waals surface area contributed by atoms with Gasteiger partial charge in [0.05, 0.1) is 21.3 Å². The van der Waals surface area contributed by atoms with Crippen LogP contribution >= 0.6 is 0 Å². The number of aliphatic hydroxyl groups is 1. The molecule has 0 saturated heterocycles. The molecule has 0 spiro atoms. The number of nitrogens with one attached hydrogen (secondary N) is 2. The Morgan fingerprint density at radius 2 is 1.55 bits per heavy atom. The lowest BCUT2D eigenvalue weighted by Crippen LogP contribution is -2.02. The van der Waals surface area contributed by atoms with Crippen LogP contribution in [-0.4, -0.2) is 43.0 Å². The normalized spacial score (nSPS) is 10.3. The molecule has 0 bridgehead atoms. The topological polar surface area (TPSA) is 97.8 Å². The number of benzene rings is 2. The van der Waals surface area contributed by atoms with E-state index in [1.807, 2.05) is 24.3 Å². The molecule has 0 radical (unpaired) electrons. The predicted octanol–water partition coefficient (Wildman–Crippen LogP) is 3.52. The van der Waals surface area contributed by atoms with Crippen molar-refractivity contribution < 1.29 is 19.3 Å². The maximum atomic E-state index is 9.01. The molecule has 0 fully saturated rings. The summed E-state index contributed by atoms with van der Waals surface area (Å²) in [5.41, 5.74) is 2.67. The highest BCUT2D eigenvalue weighted by Gasteiger charge is 2.14. The van der Waals surface area contributed by atoms with Crippen LogP contribution in [0, 0.1) is 0 Å². The first kappa shape index (κ1) is 20.2. The number of aliphatic hydroxyl groups excluding tert-OH is 1. The fourth-order valence-corrected chi connectivity index (χ4v) is 2.80. The van der Waals surface area contributed by atoms with Crippen LogP contribution in [0.3, 0.4) is 0 Å². The van der Waals surface area contributed by atoms with Gasteiger partial charge in [0.1, 0.15) is 5.82 Å². The smallest absolute Gasteiger partial charge is 0.229 e. The summed E-state index contributed by atoms with van der Waals surface area (Å²) in [6.45, 7) is 0.134. The summed E-state index contributed by atoms with van der Waals surface area (Å²) in [4.78, 5) is 8.75. The maximum absolute atomic E-state index is 9.01. The predicted molar refractivity (Wildman–Crippen MR) is 112 cm³/mol. The Bertz CT molecular complexity index is 923. The molecule has 3 N–H and O–H groups in total. The van der Waals surface area contributed by atoms with E-state index in [0.29, 0.717) is 41.1 Å². The van der Waals surface area contributed by atoms with Gasteiger partial charge in [0.15, 0.2) is 11.5 Å². The first-order valence-electron chi connectivity index (χ1n) is 9.03. The lowest BCUT2D eigenvalue weighted by atomic mass is 10.1. The van der Waals surface area contributed by atoms with Gasteiger partial charge < -0.3 is 30.0 Å². The second-order valence-electron chi connectivity index (χ2n) is 6.10. The summed E-state index contributed by atoms with van der Waals surface area (Å²) >= 11 is 0. The lowest BCUT2D eigenvalue weighted by molar-refractivity contribution is 0.299. The molecule has 0 atom stereocenters. The van der Waals surface area contributed by atoms with Crippen LogP contribution in [0.2, 0.25) is 0 Å². The number of rotatable bonds is 9. The quantitative estimate of drug-likeness (QED) is 0.505. The van der Waals surface area contributed by atoms with Gasteiger partial charge in [-0.25, -0.2) is 4.98 Å². The minimum Gasteiger partial charge on any atom is -0.493 e. The molecule has 8 heteroatoms. The Labute approximate surface area is 169 Å². The first-order valence-corrected chi connectivity index (χ1v) is 9.03. The van der Waals surface area contributed by atoms with Crippen molar-refractivity contribution in [2.75, 3.05) is 38.6 Å². The van der Waals surface area contributed by atoms with Crippen molar-refractivity contribution in [3.63, 3.8) is 0 Å². The molecule has 152 valence electrons. The molecule has 3 aromatic rings. The van der Waals surface area contributed by atoms with Crippen molar-refractivity contribution in [3.8, 4) is 17.2 Å².